The fourth-order valence-electron chi connectivity index (χ4n) is 0.903. The van der Waals surface area contributed by atoms with Crippen LogP contribution >= 0.6 is 0 Å². The van der Waals surface area contributed by atoms with Gasteiger partial charge in [-0.25, -0.2) is 0 Å². The number of rotatable bonds is 1. The van der Waals surface area contributed by atoms with Crippen LogP contribution in [-0.2, 0) is 4.74 Å². The first-order valence-electron chi connectivity index (χ1n) is 3.07. The molecular formula is C5H10O6. The molecule has 0 bridgehead atoms. The average Bonchev–Trinajstić information content (AvgIpc) is 2.14. The molecule has 0 unspecified atom stereocenters. The van der Waals surface area contributed by atoms with Crippen LogP contribution in [0.1, 0.15) is 0 Å². The van der Waals surface area contributed by atoms with E-state index in [1.165, 1.54) is 0 Å². The molecule has 1 aliphatic heterocycles. The van der Waals surface area contributed by atoms with Gasteiger partial charge in [0.1, 0.15) is 12.2 Å². The molecule has 1 fully saturated rings. The molecule has 0 saturated carbocycles. The third-order valence-corrected chi connectivity index (χ3v) is 1.63. The predicted molar refractivity (Wildman–Crippen MR) is 31.1 cm³/mol. The predicted octanol–water partition coefficient (Wildman–Crippen LogP) is -3.26. The lowest BCUT2D eigenvalue weighted by Gasteiger charge is -2.20. The maximum absolute atomic E-state index is 8.94. The molecular weight excluding hydrogens is 156 g/mol. The summed E-state index contributed by atoms with van der Waals surface area (Å²) in [7, 11) is 0. The molecule has 66 valence electrons. The van der Waals surface area contributed by atoms with Gasteiger partial charge in [-0.15, -0.1) is 0 Å². The number of ether oxygens (including phenoxy) is 1. The van der Waals surface area contributed by atoms with Crippen molar-refractivity contribution in [3.63, 3.8) is 0 Å². The normalized spacial score (nSPS) is 42.8. The molecule has 0 aromatic heterocycles. The van der Waals surface area contributed by atoms with Crippen molar-refractivity contribution in [2.45, 2.75) is 24.3 Å². The van der Waals surface area contributed by atoms with Crippen molar-refractivity contribution >= 4 is 0 Å². The lowest BCUT2D eigenvalue weighted by atomic mass is 10.1. The molecule has 0 aliphatic carbocycles. The van der Waals surface area contributed by atoms with Crippen LogP contribution in [0, 0.1) is 0 Å². The highest BCUT2D eigenvalue weighted by molar-refractivity contribution is 4.91. The van der Waals surface area contributed by atoms with Crippen molar-refractivity contribution in [2.75, 3.05) is 6.61 Å². The van der Waals surface area contributed by atoms with Gasteiger partial charge in [0.2, 0.25) is 12.1 Å². The molecule has 6 nitrogen and oxygen atoms in total. The Morgan fingerprint density at radius 3 is 2.00 bits per heavy atom. The minimum Gasteiger partial charge on any atom is -0.394 e. The Balaban J connectivity index is 2.71. The van der Waals surface area contributed by atoms with Gasteiger partial charge >= 0.3 is 0 Å². The van der Waals surface area contributed by atoms with E-state index in [4.69, 9.17) is 25.5 Å². The van der Waals surface area contributed by atoms with Crippen LogP contribution in [0.4, 0.5) is 0 Å². The fourth-order valence-corrected chi connectivity index (χ4v) is 0.903. The van der Waals surface area contributed by atoms with Crippen LogP contribution in [0.5, 0.6) is 0 Å². The second kappa shape index (κ2) is 2.67. The van der Waals surface area contributed by atoms with E-state index >= 15 is 0 Å². The quantitative estimate of drug-likeness (QED) is 0.261. The summed E-state index contributed by atoms with van der Waals surface area (Å²) in [6, 6.07) is 0. The second-order valence-corrected chi connectivity index (χ2v) is 2.44. The Kier molecular flexibility index (Phi) is 2.15. The molecule has 6 heteroatoms. The molecule has 1 heterocycles. The number of hydrogen-bond acceptors (Lipinski definition) is 6. The van der Waals surface area contributed by atoms with Gasteiger partial charge in [0.25, 0.3) is 0 Å². The van der Waals surface area contributed by atoms with Crippen LogP contribution in [0.3, 0.4) is 0 Å². The highest BCUT2D eigenvalue weighted by Gasteiger charge is 2.53. The number of aliphatic hydroxyl groups excluding tert-OH is 3. The van der Waals surface area contributed by atoms with E-state index < -0.39 is 30.9 Å². The SMILES string of the molecule is OC[C@H]1O[C@@H](O)C(O)(O)[C@H]1O. The molecule has 11 heavy (non-hydrogen) atoms. The summed E-state index contributed by atoms with van der Waals surface area (Å²) in [5.74, 6) is -2.69. The van der Waals surface area contributed by atoms with Crippen LogP contribution < -0.4 is 0 Å². The Hall–Kier alpha value is -0.240. The summed E-state index contributed by atoms with van der Waals surface area (Å²) < 4.78 is 4.39. The van der Waals surface area contributed by atoms with Gasteiger partial charge in [0, 0.05) is 0 Å². The van der Waals surface area contributed by atoms with Gasteiger partial charge in [0.15, 0.2) is 0 Å². The van der Waals surface area contributed by atoms with Gasteiger partial charge < -0.3 is 30.3 Å². The summed E-state index contributed by atoms with van der Waals surface area (Å²) in [5, 5.41) is 43.9. The van der Waals surface area contributed by atoms with E-state index in [9.17, 15) is 0 Å². The zero-order chi connectivity index (χ0) is 8.65. The molecule has 0 amide bonds. The Morgan fingerprint density at radius 1 is 1.27 bits per heavy atom. The van der Waals surface area contributed by atoms with E-state index in [-0.39, 0.29) is 0 Å². The molecule has 0 aromatic rings. The fraction of sp³-hybridized carbons (Fsp3) is 1.00. The topological polar surface area (TPSA) is 110 Å². The Morgan fingerprint density at radius 2 is 1.82 bits per heavy atom. The number of hydrogen-bond donors (Lipinski definition) is 5. The van der Waals surface area contributed by atoms with Gasteiger partial charge in [-0.1, -0.05) is 0 Å². The maximum atomic E-state index is 8.94. The molecule has 0 aromatic carbocycles. The summed E-state index contributed by atoms with van der Waals surface area (Å²) in [5.41, 5.74) is 0. The van der Waals surface area contributed by atoms with E-state index in [1.54, 1.807) is 0 Å². The van der Waals surface area contributed by atoms with E-state index in [1.807, 2.05) is 0 Å². The van der Waals surface area contributed by atoms with Crippen molar-refractivity contribution < 1.29 is 30.3 Å². The third kappa shape index (κ3) is 1.24. The van der Waals surface area contributed by atoms with E-state index in [0.717, 1.165) is 0 Å². The van der Waals surface area contributed by atoms with Crippen LogP contribution in [0.25, 0.3) is 0 Å². The molecule has 1 aliphatic rings. The summed E-state index contributed by atoms with van der Waals surface area (Å²) in [6.45, 7) is -0.582. The summed E-state index contributed by atoms with van der Waals surface area (Å²) in [4.78, 5) is 0. The van der Waals surface area contributed by atoms with Gasteiger partial charge in [-0.05, 0) is 0 Å². The van der Waals surface area contributed by atoms with Crippen molar-refractivity contribution in [2.24, 2.45) is 0 Å². The zero-order valence-corrected chi connectivity index (χ0v) is 5.58. The minimum absolute atomic E-state index is 0.582. The van der Waals surface area contributed by atoms with Gasteiger partial charge in [-0.2, -0.15) is 0 Å². The van der Waals surface area contributed by atoms with Crippen LogP contribution in [0.15, 0.2) is 0 Å². The smallest absolute Gasteiger partial charge is 0.245 e. The standard InChI is InChI=1S/C5H10O6/c6-1-2-3(7)5(9,10)4(8)11-2/h2-4,6-10H,1H2/t2-,3+,4-/m1/s1. The first kappa shape index (κ1) is 8.85. The number of aliphatic hydroxyl groups is 5. The molecule has 1 saturated heterocycles. The summed E-state index contributed by atoms with van der Waals surface area (Å²) in [6.07, 6.45) is -4.72. The highest BCUT2D eigenvalue weighted by Crippen LogP contribution is 2.26. The largest absolute Gasteiger partial charge is 0.394 e. The van der Waals surface area contributed by atoms with Crippen LogP contribution in [0.2, 0.25) is 0 Å². The van der Waals surface area contributed by atoms with E-state index in [2.05, 4.69) is 4.74 Å². The van der Waals surface area contributed by atoms with Crippen molar-refractivity contribution in [3.05, 3.63) is 0 Å². The molecule has 0 radical (unpaired) electrons. The minimum atomic E-state index is -2.69. The maximum Gasteiger partial charge on any atom is 0.245 e. The highest BCUT2D eigenvalue weighted by atomic mass is 16.7. The van der Waals surface area contributed by atoms with E-state index in [0.29, 0.717) is 0 Å². The third-order valence-electron chi connectivity index (χ3n) is 1.63. The first-order valence-corrected chi connectivity index (χ1v) is 3.07. The zero-order valence-electron chi connectivity index (χ0n) is 5.58. The van der Waals surface area contributed by atoms with Crippen molar-refractivity contribution in [1.29, 1.82) is 0 Å². The van der Waals surface area contributed by atoms with Crippen LogP contribution in [-0.4, -0.2) is 56.4 Å². The lowest BCUT2D eigenvalue weighted by Crippen LogP contribution is -2.48. The Bertz CT molecular complexity index is 146. The van der Waals surface area contributed by atoms with Crippen molar-refractivity contribution in [1.82, 2.24) is 0 Å². The lowest BCUT2D eigenvalue weighted by molar-refractivity contribution is -0.281. The van der Waals surface area contributed by atoms with Gasteiger partial charge in [-0.3, -0.25) is 0 Å². The molecule has 3 atom stereocenters. The monoisotopic (exact) mass is 166 g/mol. The molecule has 1 rings (SSSR count). The first-order chi connectivity index (χ1) is 5.00. The van der Waals surface area contributed by atoms with Gasteiger partial charge in [0.05, 0.1) is 6.61 Å². The van der Waals surface area contributed by atoms with Crippen molar-refractivity contribution in [3.8, 4) is 0 Å². The molecule has 5 N–H and O–H groups in total. The molecule has 0 spiro atoms. The average molecular weight is 166 g/mol. The Labute approximate surface area is 62.3 Å². The second-order valence-electron chi connectivity index (χ2n) is 2.44. The summed E-state index contributed by atoms with van der Waals surface area (Å²) >= 11 is 0.